The van der Waals surface area contributed by atoms with E-state index in [9.17, 15) is 19.5 Å². The van der Waals surface area contributed by atoms with Crippen molar-refractivity contribution in [2.24, 2.45) is 28.6 Å². The normalized spacial score (nSPS) is 44.4. The number of esters is 2. The molecule has 0 amide bonds. The number of alkyl halides is 2. The van der Waals surface area contributed by atoms with Crippen LogP contribution in [0.3, 0.4) is 0 Å². The van der Waals surface area contributed by atoms with Crippen LogP contribution in [0.2, 0.25) is 0 Å². The first-order valence-electron chi connectivity index (χ1n) is 12.3. The van der Waals surface area contributed by atoms with Crippen molar-refractivity contribution in [3.63, 3.8) is 0 Å². The van der Waals surface area contributed by atoms with Crippen molar-refractivity contribution in [3.8, 4) is 0 Å². The van der Waals surface area contributed by atoms with Gasteiger partial charge in [-0.05, 0) is 67.3 Å². The summed E-state index contributed by atoms with van der Waals surface area (Å²) in [4.78, 5) is 37.8. The third-order valence-electron chi connectivity index (χ3n) is 9.75. The van der Waals surface area contributed by atoms with E-state index in [1.807, 2.05) is 0 Å². The van der Waals surface area contributed by atoms with Gasteiger partial charge in [0.15, 0.2) is 10.7 Å². The summed E-state index contributed by atoms with van der Waals surface area (Å²) >= 11 is 8.26. The third-order valence-corrected chi connectivity index (χ3v) is 11.5. The third kappa shape index (κ3) is 3.18. The Labute approximate surface area is 223 Å². The molecule has 1 aromatic heterocycles. The Kier molecular flexibility index (Phi) is 6.01. The van der Waals surface area contributed by atoms with Gasteiger partial charge < -0.3 is 14.6 Å². The Morgan fingerprint density at radius 1 is 1.27 bits per heavy atom. The Bertz CT molecular complexity index is 1250. The van der Waals surface area contributed by atoms with Crippen molar-refractivity contribution in [2.45, 2.75) is 69.7 Å². The quantitative estimate of drug-likeness (QED) is 0.445. The molecular weight excluding hydrogens is 523 g/mol. The van der Waals surface area contributed by atoms with Gasteiger partial charge >= 0.3 is 11.9 Å². The Morgan fingerprint density at radius 3 is 2.59 bits per heavy atom. The molecule has 37 heavy (non-hydrogen) atoms. The number of ether oxygens (including phenoxy) is 2. The van der Waals surface area contributed by atoms with Crippen LogP contribution in [0.4, 0.5) is 4.39 Å². The summed E-state index contributed by atoms with van der Waals surface area (Å²) < 4.78 is 30.9. The average Bonchev–Trinajstić information content (AvgIpc) is 3.36. The lowest BCUT2D eigenvalue weighted by molar-refractivity contribution is -0.199. The second-order valence-corrected chi connectivity index (χ2v) is 12.7. The molecule has 3 fully saturated rings. The van der Waals surface area contributed by atoms with E-state index in [1.165, 1.54) is 19.3 Å². The summed E-state index contributed by atoms with van der Waals surface area (Å²) in [7, 11) is 1.23. The smallest absolute Gasteiger partial charge is 0.353 e. The van der Waals surface area contributed by atoms with Crippen LogP contribution in [-0.4, -0.2) is 62.3 Å². The first-order chi connectivity index (χ1) is 17.3. The molecular formula is C26H30ClFN2O6S. The highest BCUT2D eigenvalue weighted by molar-refractivity contribution is 7.07. The standard InChI is InChI=1S/C26H30ClFN2O6S/c1-12-8-15-16-10-18(28)17-9-14(31)6-7-23(17,3)25(16,27)19(32)11-24(15,4)26(12,22(34)35-5)36-21(33)20-13(2)29-30-37-20/h6-7,9,12,15-16,18-19,32H,8,10-11H2,1-5H3/t12-,15?,16?,18+,19+,23+,24+,25+,26+/m1/s1. The fraction of sp³-hybridized carbons (Fsp3) is 0.654. The molecule has 0 aromatic carbocycles. The molecule has 11 heteroatoms. The molecule has 0 radical (unpaired) electrons. The van der Waals surface area contributed by atoms with Gasteiger partial charge in [-0.25, -0.2) is 14.0 Å². The van der Waals surface area contributed by atoms with Crippen LogP contribution in [0.5, 0.6) is 0 Å². The molecule has 4 aliphatic carbocycles. The van der Waals surface area contributed by atoms with E-state index in [0.717, 1.165) is 11.5 Å². The molecule has 0 spiro atoms. The number of nitrogens with zero attached hydrogens (tertiary/aromatic N) is 2. The number of hydrogen-bond donors (Lipinski definition) is 1. The molecule has 0 saturated heterocycles. The van der Waals surface area contributed by atoms with Crippen molar-refractivity contribution >= 4 is 40.9 Å². The molecule has 0 aliphatic heterocycles. The molecule has 9 atom stereocenters. The Balaban J connectivity index is 1.64. The summed E-state index contributed by atoms with van der Waals surface area (Å²) in [6.45, 7) is 6.97. The van der Waals surface area contributed by atoms with Gasteiger partial charge in [-0.3, -0.25) is 4.79 Å². The fourth-order valence-electron chi connectivity index (χ4n) is 7.98. The van der Waals surface area contributed by atoms with Crippen molar-refractivity contribution in [3.05, 3.63) is 34.4 Å². The molecule has 4 aliphatic rings. The Hall–Kier alpha value is -2.17. The number of allylic oxidation sites excluding steroid dienone is 4. The maximum Gasteiger partial charge on any atom is 0.353 e. The van der Waals surface area contributed by atoms with E-state index in [1.54, 1.807) is 33.8 Å². The predicted octanol–water partition coefficient (Wildman–Crippen LogP) is 3.75. The van der Waals surface area contributed by atoms with Gasteiger partial charge in [0.1, 0.15) is 6.17 Å². The number of aryl methyl sites for hydroxylation is 1. The fourth-order valence-corrected chi connectivity index (χ4v) is 9.01. The maximum absolute atomic E-state index is 15.8. The number of hydrogen-bond acceptors (Lipinski definition) is 9. The number of rotatable bonds is 3. The van der Waals surface area contributed by atoms with Crippen molar-refractivity contribution in [1.82, 2.24) is 9.59 Å². The highest BCUT2D eigenvalue weighted by atomic mass is 35.5. The maximum atomic E-state index is 15.8. The Morgan fingerprint density at radius 2 is 1.97 bits per heavy atom. The summed E-state index contributed by atoms with van der Waals surface area (Å²) in [6.07, 6.45) is 1.97. The van der Waals surface area contributed by atoms with Crippen molar-refractivity contribution in [2.75, 3.05) is 7.11 Å². The van der Waals surface area contributed by atoms with E-state index in [4.69, 9.17) is 21.1 Å². The molecule has 2 unspecified atom stereocenters. The van der Waals surface area contributed by atoms with Gasteiger partial charge in [0.2, 0.25) is 5.60 Å². The number of fused-ring (bicyclic) bond motifs is 5. The second kappa shape index (κ2) is 8.41. The zero-order valence-electron chi connectivity index (χ0n) is 21.3. The number of carbonyl (C=O) groups is 3. The van der Waals surface area contributed by atoms with Gasteiger partial charge in [0.05, 0.1) is 23.8 Å². The topological polar surface area (TPSA) is 116 Å². The monoisotopic (exact) mass is 552 g/mol. The number of aliphatic hydroxyl groups is 1. The summed E-state index contributed by atoms with van der Waals surface area (Å²) in [6, 6.07) is 0. The summed E-state index contributed by atoms with van der Waals surface area (Å²) in [5, 5.41) is 15.6. The van der Waals surface area contributed by atoms with Gasteiger partial charge in [0.25, 0.3) is 0 Å². The lowest BCUT2D eigenvalue weighted by Gasteiger charge is -2.64. The minimum absolute atomic E-state index is 0.00587. The van der Waals surface area contributed by atoms with Crippen LogP contribution in [-0.2, 0) is 19.1 Å². The van der Waals surface area contributed by atoms with E-state index in [-0.39, 0.29) is 29.1 Å². The van der Waals surface area contributed by atoms with Crippen molar-refractivity contribution < 1.29 is 33.4 Å². The molecule has 5 rings (SSSR count). The molecule has 1 aromatic rings. The number of aliphatic hydroxyl groups excluding tert-OH is 1. The van der Waals surface area contributed by atoms with E-state index in [0.29, 0.717) is 12.1 Å². The minimum Gasteiger partial charge on any atom is -0.466 e. The summed E-state index contributed by atoms with van der Waals surface area (Å²) in [5.74, 6) is -3.29. The van der Waals surface area contributed by atoms with Gasteiger partial charge in [-0.1, -0.05) is 31.3 Å². The largest absolute Gasteiger partial charge is 0.466 e. The molecule has 0 bridgehead atoms. The number of aromatic nitrogens is 2. The van der Waals surface area contributed by atoms with Gasteiger partial charge in [-0.15, -0.1) is 16.7 Å². The van der Waals surface area contributed by atoms with Crippen LogP contribution in [0.1, 0.15) is 55.4 Å². The molecule has 1 heterocycles. The van der Waals surface area contributed by atoms with Crippen LogP contribution < -0.4 is 0 Å². The second-order valence-electron chi connectivity index (χ2n) is 11.3. The molecule has 8 nitrogen and oxygen atoms in total. The lowest BCUT2D eigenvalue weighted by Crippen LogP contribution is -2.70. The lowest BCUT2D eigenvalue weighted by atomic mass is 9.45. The van der Waals surface area contributed by atoms with Crippen LogP contribution >= 0.6 is 23.1 Å². The van der Waals surface area contributed by atoms with Crippen molar-refractivity contribution in [1.29, 1.82) is 0 Å². The molecule has 1 N–H and O–H groups in total. The summed E-state index contributed by atoms with van der Waals surface area (Å²) in [5.41, 5.74) is -3.34. The molecule has 200 valence electrons. The van der Waals surface area contributed by atoms with Crippen LogP contribution in [0.15, 0.2) is 23.8 Å². The van der Waals surface area contributed by atoms with E-state index < -0.39 is 63.3 Å². The highest BCUT2D eigenvalue weighted by Gasteiger charge is 2.78. The van der Waals surface area contributed by atoms with Crippen LogP contribution in [0, 0.1) is 35.5 Å². The first-order valence-corrected chi connectivity index (χ1v) is 13.5. The first kappa shape index (κ1) is 26.4. The highest BCUT2D eigenvalue weighted by Crippen LogP contribution is 2.72. The average molecular weight is 553 g/mol. The van der Waals surface area contributed by atoms with E-state index in [2.05, 4.69) is 9.59 Å². The van der Waals surface area contributed by atoms with Crippen LogP contribution in [0.25, 0.3) is 0 Å². The number of carbonyl (C=O) groups excluding carboxylic acids is 3. The van der Waals surface area contributed by atoms with Gasteiger partial charge in [-0.2, -0.15) is 0 Å². The zero-order chi connectivity index (χ0) is 27.1. The van der Waals surface area contributed by atoms with Gasteiger partial charge in [0, 0.05) is 16.7 Å². The zero-order valence-corrected chi connectivity index (χ0v) is 22.9. The predicted molar refractivity (Wildman–Crippen MR) is 133 cm³/mol. The SMILES string of the molecule is COC(=O)[C@@]1(OC(=O)c2snnc2C)[C@H](C)CC2C3C[C@H](F)C4=CC(=O)C=C[C@]4(C)[C@@]3(Cl)[C@@H](O)C[C@@]21C. The van der Waals surface area contributed by atoms with E-state index >= 15 is 4.39 Å². The number of methoxy groups -OCH3 is 1. The number of halogens is 2. The number of ketones is 1. The minimum atomic E-state index is -1.75. The molecule has 3 saturated carbocycles.